The number of ether oxygens (including phenoxy) is 1. The SMILES string of the molecule is CNc1ccc(CN[C@@H]2[C@H]3CCO[C@H]3C23CCCC3)cc1[N+](=O)[O-]. The van der Waals surface area contributed by atoms with E-state index in [9.17, 15) is 10.1 Å². The minimum absolute atomic E-state index is 0.142. The van der Waals surface area contributed by atoms with E-state index in [0.717, 1.165) is 18.6 Å². The molecule has 2 saturated carbocycles. The summed E-state index contributed by atoms with van der Waals surface area (Å²) in [5, 5.41) is 17.8. The molecule has 1 heterocycles. The molecular formula is C18H25N3O3. The minimum atomic E-state index is -0.321. The Kier molecular flexibility index (Phi) is 3.96. The summed E-state index contributed by atoms with van der Waals surface area (Å²) in [6.45, 7) is 1.57. The maximum Gasteiger partial charge on any atom is 0.292 e. The number of hydrogen-bond donors (Lipinski definition) is 2. The van der Waals surface area contributed by atoms with Crippen LogP contribution in [0.4, 0.5) is 11.4 Å². The Balaban J connectivity index is 1.48. The Morgan fingerprint density at radius 1 is 1.38 bits per heavy atom. The van der Waals surface area contributed by atoms with Crippen molar-refractivity contribution in [3.05, 3.63) is 33.9 Å². The second-order valence-electron chi connectivity index (χ2n) is 7.40. The van der Waals surface area contributed by atoms with E-state index < -0.39 is 0 Å². The van der Waals surface area contributed by atoms with Crippen LogP contribution in [0.15, 0.2) is 18.2 Å². The largest absolute Gasteiger partial charge is 0.383 e. The molecule has 1 aromatic rings. The van der Waals surface area contributed by atoms with Gasteiger partial charge in [0.05, 0.1) is 11.0 Å². The number of benzene rings is 1. The number of nitrogens with one attached hydrogen (secondary N) is 2. The highest BCUT2D eigenvalue weighted by Gasteiger charge is 2.64. The summed E-state index contributed by atoms with van der Waals surface area (Å²) in [7, 11) is 1.71. The van der Waals surface area contributed by atoms with Gasteiger partial charge in [0.1, 0.15) is 5.69 Å². The van der Waals surface area contributed by atoms with Crippen molar-refractivity contribution < 1.29 is 9.66 Å². The topological polar surface area (TPSA) is 76.4 Å². The zero-order valence-electron chi connectivity index (χ0n) is 14.1. The monoisotopic (exact) mass is 331 g/mol. The van der Waals surface area contributed by atoms with Crippen molar-refractivity contribution in [3.63, 3.8) is 0 Å². The van der Waals surface area contributed by atoms with Crippen molar-refractivity contribution in [3.8, 4) is 0 Å². The van der Waals surface area contributed by atoms with Gasteiger partial charge >= 0.3 is 0 Å². The van der Waals surface area contributed by atoms with E-state index in [2.05, 4.69) is 10.6 Å². The average Bonchev–Trinajstić information content (AvgIpc) is 3.23. The number of anilines is 1. The molecule has 1 aliphatic heterocycles. The Morgan fingerprint density at radius 2 is 2.17 bits per heavy atom. The van der Waals surface area contributed by atoms with Gasteiger partial charge < -0.3 is 15.4 Å². The third kappa shape index (κ3) is 2.31. The lowest BCUT2D eigenvalue weighted by molar-refractivity contribution is -0.384. The van der Waals surface area contributed by atoms with Crippen molar-refractivity contribution in [1.29, 1.82) is 0 Å². The molecule has 24 heavy (non-hydrogen) atoms. The summed E-state index contributed by atoms with van der Waals surface area (Å²) in [6.07, 6.45) is 6.69. The van der Waals surface area contributed by atoms with Crippen molar-refractivity contribution in [2.75, 3.05) is 19.0 Å². The predicted octanol–water partition coefficient (Wildman–Crippen LogP) is 3.07. The van der Waals surface area contributed by atoms with Crippen LogP contribution in [0, 0.1) is 21.4 Å². The standard InChI is InChI=1S/C18H25N3O3/c1-19-14-5-4-12(10-15(14)21(22)23)11-20-16-13-6-9-24-17(13)18(16)7-2-3-8-18/h4-5,10,13,16-17,19-20H,2-3,6-9,11H2,1H3/t13-,16-,17-/m1/s1. The molecule has 3 aliphatic rings. The van der Waals surface area contributed by atoms with Crippen LogP contribution < -0.4 is 10.6 Å². The predicted molar refractivity (Wildman–Crippen MR) is 92.0 cm³/mol. The van der Waals surface area contributed by atoms with E-state index >= 15 is 0 Å². The molecule has 0 unspecified atom stereocenters. The second kappa shape index (κ2) is 6.01. The van der Waals surface area contributed by atoms with Crippen LogP contribution in [0.3, 0.4) is 0 Å². The highest BCUT2D eigenvalue weighted by atomic mass is 16.6. The van der Waals surface area contributed by atoms with Crippen LogP contribution in [0.5, 0.6) is 0 Å². The van der Waals surface area contributed by atoms with Crippen LogP contribution in [0.25, 0.3) is 0 Å². The van der Waals surface area contributed by atoms with Gasteiger partial charge in [-0.3, -0.25) is 10.1 Å². The third-order valence-corrected chi connectivity index (χ3v) is 6.34. The maximum absolute atomic E-state index is 11.2. The van der Waals surface area contributed by atoms with Gasteiger partial charge in [-0.25, -0.2) is 0 Å². The summed E-state index contributed by atoms with van der Waals surface area (Å²) >= 11 is 0. The fourth-order valence-corrected chi connectivity index (χ4v) is 5.29. The van der Waals surface area contributed by atoms with Gasteiger partial charge in [0.2, 0.25) is 0 Å². The normalized spacial score (nSPS) is 30.1. The molecule has 3 fully saturated rings. The third-order valence-electron chi connectivity index (χ3n) is 6.34. The highest BCUT2D eigenvalue weighted by Crippen LogP contribution is 2.60. The van der Waals surface area contributed by atoms with Crippen LogP contribution in [0.1, 0.15) is 37.7 Å². The minimum Gasteiger partial charge on any atom is -0.383 e. The first-order chi connectivity index (χ1) is 11.7. The quantitative estimate of drug-likeness (QED) is 0.640. The maximum atomic E-state index is 11.2. The zero-order valence-corrected chi connectivity index (χ0v) is 14.1. The van der Waals surface area contributed by atoms with E-state index in [1.807, 2.05) is 6.07 Å². The Bertz CT molecular complexity index is 642. The van der Waals surface area contributed by atoms with E-state index in [1.54, 1.807) is 19.2 Å². The van der Waals surface area contributed by atoms with Crippen molar-refractivity contribution in [2.45, 2.75) is 50.8 Å². The first-order valence-electron chi connectivity index (χ1n) is 8.96. The summed E-state index contributed by atoms with van der Waals surface area (Å²) in [5.74, 6) is 0.620. The lowest BCUT2D eigenvalue weighted by atomic mass is 9.54. The van der Waals surface area contributed by atoms with Crippen molar-refractivity contribution >= 4 is 11.4 Å². The van der Waals surface area contributed by atoms with E-state index in [-0.39, 0.29) is 10.6 Å². The number of nitro groups is 1. The first-order valence-corrected chi connectivity index (χ1v) is 8.96. The Hall–Kier alpha value is -1.66. The summed E-state index contributed by atoms with van der Waals surface area (Å²) in [4.78, 5) is 10.9. The summed E-state index contributed by atoms with van der Waals surface area (Å²) in [6, 6.07) is 5.94. The van der Waals surface area contributed by atoms with Crippen molar-refractivity contribution in [1.82, 2.24) is 5.32 Å². The Morgan fingerprint density at radius 3 is 2.88 bits per heavy atom. The second-order valence-corrected chi connectivity index (χ2v) is 7.40. The fourth-order valence-electron chi connectivity index (χ4n) is 5.29. The van der Waals surface area contributed by atoms with Gasteiger partial charge in [0.25, 0.3) is 5.69 Å². The van der Waals surface area contributed by atoms with Crippen LogP contribution in [-0.2, 0) is 11.3 Å². The lowest BCUT2D eigenvalue weighted by Crippen LogP contribution is -2.67. The molecule has 1 aromatic carbocycles. The highest BCUT2D eigenvalue weighted by molar-refractivity contribution is 5.62. The molecule has 0 bridgehead atoms. The van der Waals surface area contributed by atoms with Gasteiger partial charge in [0, 0.05) is 43.6 Å². The van der Waals surface area contributed by atoms with Gasteiger partial charge in [-0.05, 0) is 30.9 Å². The molecule has 2 N–H and O–H groups in total. The van der Waals surface area contributed by atoms with E-state index in [4.69, 9.17) is 4.74 Å². The fraction of sp³-hybridized carbons (Fsp3) is 0.667. The average molecular weight is 331 g/mol. The van der Waals surface area contributed by atoms with Crippen LogP contribution in [-0.4, -0.2) is 30.7 Å². The summed E-state index contributed by atoms with van der Waals surface area (Å²) in [5.41, 5.74) is 1.99. The molecule has 0 radical (unpaired) electrons. The molecule has 1 spiro atoms. The molecule has 130 valence electrons. The zero-order chi connectivity index (χ0) is 16.7. The first kappa shape index (κ1) is 15.8. The molecule has 2 aliphatic carbocycles. The number of fused-ring (bicyclic) bond motifs is 2. The summed E-state index contributed by atoms with van der Waals surface area (Å²) < 4.78 is 6.02. The van der Waals surface area contributed by atoms with E-state index in [0.29, 0.717) is 35.7 Å². The molecular weight excluding hydrogens is 306 g/mol. The smallest absolute Gasteiger partial charge is 0.292 e. The van der Waals surface area contributed by atoms with Gasteiger partial charge in [-0.2, -0.15) is 0 Å². The van der Waals surface area contributed by atoms with E-state index in [1.165, 1.54) is 25.7 Å². The lowest BCUT2D eigenvalue weighted by Gasteiger charge is -2.57. The molecule has 0 amide bonds. The number of nitrogens with zero attached hydrogens (tertiary/aromatic N) is 1. The molecule has 3 atom stereocenters. The molecule has 6 heteroatoms. The number of nitro benzene ring substituents is 1. The van der Waals surface area contributed by atoms with Crippen molar-refractivity contribution in [2.24, 2.45) is 11.3 Å². The van der Waals surface area contributed by atoms with Gasteiger partial charge in [-0.1, -0.05) is 18.9 Å². The number of rotatable bonds is 5. The molecule has 1 saturated heterocycles. The molecule has 6 nitrogen and oxygen atoms in total. The van der Waals surface area contributed by atoms with Crippen LogP contribution in [0.2, 0.25) is 0 Å². The number of hydrogen-bond acceptors (Lipinski definition) is 5. The van der Waals surface area contributed by atoms with Gasteiger partial charge in [-0.15, -0.1) is 0 Å². The Labute approximate surface area is 142 Å². The molecule has 0 aromatic heterocycles. The molecule has 4 rings (SSSR count). The van der Waals surface area contributed by atoms with Gasteiger partial charge in [0.15, 0.2) is 0 Å². The van der Waals surface area contributed by atoms with Crippen LogP contribution >= 0.6 is 0 Å².